The molecule has 0 saturated carbocycles. The molecule has 14 heteroatoms. The molecule has 2 heterocycles. The number of fused-ring (bicyclic) bond motifs is 1. The number of hydrogen-bond donors (Lipinski definition) is 5. The summed E-state index contributed by atoms with van der Waals surface area (Å²) in [5.74, 6) is -0.516. The number of pyridine rings is 1. The number of amides is 3. The van der Waals surface area contributed by atoms with Gasteiger partial charge >= 0.3 is 12.4 Å². The number of anilines is 2. The lowest BCUT2D eigenvalue weighted by Gasteiger charge is -2.34. The van der Waals surface area contributed by atoms with Gasteiger partial charge in [-0.1, -0.05) is 24.3 Å². The van der Waals surface area contributed by atoms with Gasteiger partial charge in [-0.05, 0) is 86.5 Å². The second-order valence-corrected chi connectivity index (χ2v) is 10.7. The Morgan fingerprint density at radius 3 is 2.30 bits per heavy atom. The molecule has 0 spiro atoms. The van der Waals surface area contributed by atoms with E-state index in [-0.39, 0.29) is 22.6 Å². The van der Waals surface area contributed by atoms with Crippen LogP contribution in [0.4, 0.5) is 29.3 Å². The van der Waals surface area contributed by atoms with Crippen molar-refractivity contribution in [2.24, 2.45) is 0 Å². The van der Waals surface area contributed by atoms with Crippen LogP contribution in [-0.2, 0) is 6.42 Å². The van der Waals surface area contributed by atoms with Crippen LogP contribution in [0, 0.1) is 0 Å². The summed E-state index contributed by atoms with van der Waals surface area (Å²) in [5.41, 5.74) is 1.03. The highest BCUT2D eigenvalue weighted by molar-refractivity contribution is 6.01. The van der Waals surface area contributed by atoms with E-state index in [1.807, 2.05) is 0 Å². The van der Waals surface area contributed by atoms with Crippen molar-refractivity contribution in [2.75, 3.05) is 10.6 Å². The fraction of sp³-hybridized carbons (Fsp3) is 0.188. The van der Waals surface area contributed by atoms with E-state index in [1.165, 1.54) is 30.3 Å². The third-order valence-corrected chi connectivity index (χ3v) is 7.27. The van der Waals surface area contributed by atoms with Crippen LogP contribution in [-0.4, -0.2) is 54.8 Å². The van der Waals surface area contributed by atoms with Gasteiger partial charge in [0, 0.05) is 17.4 Å². The van der Waals surface area contributed by atoms with Crippen LogP contribution in [0.2, 0.25) is 0 Å². The number of carbonyl (C=O) groups is 2. The molecule has 5 rings (SSSR count). The molecule has 0 aliphatic carbocycles. The van der Waals surface area contributed by atoms with Crippen molar-refractivity contribution in [3.05, 3.63) is 102 Å². The average Bonchev–Trinajstić information content (AvgIpc) is 3.43. The maximum absolute atomic E-state index is 13.5. The van der Waals surface area contributed by atoms with Crippen molar-refractivity contribution in [1.82, 2.24) is 19.9 Å². The van der Waals surface area contributed by atoms with Gasteiger partial charge in [0.25, 0.3) is 5.91 Å². The van der Waals surface area contributed by atoms with E-state index in [0.717, 1.165) is 11.6 Å². The van der Waals surface area contributed by atoms with Crippen molar-refractivity contribution < 1.29 is 37.7 Å². The SMILES string of the molecule is CC(O)[C@](C)(Cc1ccc(O)cc1)NC(=O)c1cccn2c(-c3ccc(NC(=O)Nc4ccccc4OC(F)(F)F)cc3)nnc12. The van der Waals surface area contributed by atoms with E-state index in [9.17, 15) is 33.0 Å². The van der Waals surface area contributed by atoms with E-state index in [1.54, 1.807) is 73.0 Å². The summed E-state index contributed by atoms with van der Waals surface area (Å²) in [6.07, 6.45) is -3.86. The Hall–Kier alpha value is -5.63. The number of hydrogen-bond acceptors (Lipinski definition) is 7. The Morgan fingerprint density at radius 1 is 0.935 bits per heavy atom. The molecule has 3 aromatic carbocycles. The van der Waals surface area contributed by atoms with E-state index in [4.69, 9.17) is 0 Å². The largest absolute Gasteiger partial charge is 0.573 e. The van der Waals surface area contributed by atoms with Gasteiger partial charge in [0.1, 0.15) is 5.75 Å². The molecule has 0 radical (unpaired) electrons. The third-order valence-electron chi connectivity index (χ3n) is 7.27. The van der Waals surface area contributed by atoms with E-state index < -0.39 is 35.7 Å². The lowest BCUT2D eigenvalue weighted by atomic mass is 9.87. The number of nitrogens with one attached hydrogen (secondary N) is 3. The highest BCUT2D eigenvalue weighted by Gasteiger charge is 2.34. The number of carbonyl (C=O) groups excluding carboxylic acids is 2. The number of alkyl halides is 3. The monoisotopic (exact) mass is 634 g/mol. The maximum atomic E-state index is 13.5. The quantitative estimate of drug-likeness (QED) is 0.138. The number of phenols is 1. The number of nitrogens with zero attached hydrogens (tertiary/aromatic N) is 3. The Labute approximate surface area is 260 Å². The van der Waals surface area contributed by atoms with E-state index in [2.05, 4.69) is 30.9 Å². The van der Waals surface area contributed by atoms with E-state index in [0.29, 0.717) is 23.5 Å². The van der Waals surface area contributed by atoms with Crippen LogP contribution >= 0.6 is 0 Å². The molecule has 0 saturated heterocycles. The van der Waals surface area contributed by atoms with Crippen molar-refractivity contribution in [2.45, 2.75) is 38.3 Å². The highest BCUT2D eigenvalue weighted by Crippen LogP contribution is 2.30. The summed E-state index contributed by atoms with van der Waals surface area (Å²) >= 11 is 0. The lowest BCUT2D eigenvalue weighted by molar-refractivity contribution is -0.274. The average molecular weight is 635 g/mol. The van der Waals surface area contributed by atoms with Crippen LogP contribution < -0.4 is 20.7 Å². The summed E-state index contributed by atoms with van der Waals surface area (Å²) < 4.78 is 43.7. The number of halogens is 3. The number of benzene rings is 3. The molecule has 2 aromatic heterocycles. The molecular formula is C32H29F3N6O5. The topological polar surface area (TPSA) is 150 Å². The predicted molar refractivity (Wildman–Crippen MR) is 164 cm³/mol. The maximum Gasteiger partial charge on any atom is 0.573 e. The molecule has 0 bridgehead atoms. The van der Waals surface area contributed by atoms with Gasteiger partial charge in [-0.25, -0.2) is 4.79 Å². The molecular weight excluding hydrogens is 605 g/mol. The molecule has 238 valence electrons. The zero-order valence-electron chi connectivity index (χ0n) is 24.5. The zero-order chi connectivity index (χ0) is 33.1. The number of aliphatic hydroxyl groups is 1. The minimum atomic E-state index is -4.92. The van der Waals surface area contributed by atoms with Gasteiger partial charge in [-0.2, -0.15) is 0 Å². The van der Waals surface area contributed by atoms with Gasteiger partial charge in [-0.3, -0.25) is 9.20 Å². The van der Waals surface area contributed by atoms with Crippen molar-refractivity contribution >= 4 is 29.0 Å². The lowest BCUT2D eigenvalue weighted by Crippen LogP contribution is -2.55. The van der Waals surface area contributed by atoms with Gasteiger partial charge in [0.2, 0.25) is 0 Å². The zero-order valence-corrected chi connectivity index (χ0v) is 24.5. The number of rotatable bonds is 9. The normalized spacial score (nSPS) is 13.4. The molecule has 0 aliphatic heterocycles. The number of aromatic hydroxyl groups is 1. The first-order valence-corrected chi connectivity index (χ1v) is 14.0. The number of aliphatic hydroxyl groups excluding tert-OH is 1. The number of urea groups is 1. The Balaban J connectivity index is 1.30. The molecule has 5 N–H and O–H groups in total. The molecule has 3 amide bonds. The van der Waals surface area contributed by atoms with Crippen LogP contribution in [0.15, 0.2) is 91.1 Å². The smallest absolute Gasteiger partial charge is 0.508 e. The standard InChI is InChI=1S/C32H29F3N6O5/c1-19(42)31(2,18-20-9-15-23(43)16-10-20)38-29(44)24-6-5-17-41-27(39-40-28(24)41)21-11-13-22(14-12-21)36-30(45)37-25-7-3-4-8-26(25)46-32(33,34)35/h3-17,19,42-43H,18H2,1-2H3,(H,38,44)(H2,36,37,45)/t19?,31-/m0/s1. The van der Waals surface area contributed by atoms with Crippen LogP contribution in [0.25, 0.3) is 17.0 Å². The molecule has 0 aliphatic rings. The molecule has 1 unspecified atom stereocenters. The third kappa shape index (κ3) is 7.35. The van der Waals surface area contributed by atoms with Crippen molar-refractivity contribution in [3.8, 4) is 22.9 Å². The first-order valence-electron chi connectivity index (χ1n) is 14.0. The number of aromatic nitrogens is 3. The summed E-state index contributed by atoms with van der Waals surface area (Å²) in [6.45, 7) is 3.31. The Bertz CT molecular complexity index is 1860. The minimum absolute atomic E-state index is 0.109. The van der Waals surface area contributed by atoms with E-state index >= 15 is 0 Å². The minimum Gasteiger partial charge on any atom is -0.508 e. The highest BCUT2D eigenvalue weighted by atomic mass is 19.4. The van der Waals surface area contributed by atoms with Crippen molar-refractivity contribution in [1.29, 1.82) is 0 Å². The fourth-order valence-corrected chi connectivity index (χ4v) is 4.72. The van der Waals surface area contributed by atoms with Crippen LogP contribution in [0.1, 0.15) is 29.8 Å². The van der Waals surface area contributed by atoms with Gasteiger partial charge in [-0.15, -0.1) is 23.4 Å². The summed E-state index contributed by atoms with van der Waals surface area (Å²) in [5, 5.41) is 36.5. The summed E-state index contributed by atoms with van der Waals surface area (Å²) in [7, 11) is 0. The molecule has 46 heavy (non-hydrogen) atoms. The Morgan fingerprint density at radius 2 is 1.63 bits per heavy atom. The number of ether oxygens (including phenoxy) is 1. The van der Waals surface area contributed by atoms with Gasteiger partial charge in [0.15, 0.2) is 17.2 Å². The first kappa shape index (κ1) is 31.8. The fourth-order valence-electron chi connectivity index (χ4n) is 4.72. The number of phenolic OH excluding ortho intramolecular Hbond substituents is 1. The number of para-hydroxylation sites is 2. The second kappa shape index (κ2) is 12.8. The summed E-state index contributed by atoms with van der Waals surface area (Å²) in [4.78, 5) is 26.0. The molecule has 2 atom stereocenters. The predicted octanol–water partition coefficient (Wildman–Crippen LogP) is 5.76. The molecule has 0 fully saturated rings. The second-order valence-electron chi connectivity index (χ2n) is 10.7. The first-order chi connectivity index (χ1) is 21.8. The summed E-state index contributed by atoms with van der Waals surface area (Å²) in [6, 6.07) is 20.6. The van der Waals surface area contributed by atoms with Gasteiger partial charge < -0.3 is 30.9 Å². The van der Waals surface area contributed by atoms with Gasteiger partial charge in [0.05, 0.1) is 22.9 Å². The van der Waals surface area contributed by atoms with Crippen LogP contribution in [0.5, 0.6) is 11.5 Å². The van der Waals surface area contributed by atoms with Crippen LogP contribution in [0.3, 0.4) is 0 Å². The molecule has 11 nitrogen and oxygen atoms in total. The Kier molecular flexibility index (Phi) is 8.82. The molecule has 5 aromatic rings. The van der Waals surface area contributed by atoms with Crippen molar-refractivity contribution in [3.63, 3.8) is 0 Å².